The molecule has 0 spiro atoms. The van der Waals surface area contributed by atoms with Crippen molar-refractivity contribution < 1.29 is 43.3 Å². The van der Waals surface area contributed by atoms with Crippen LogP contribution in [0, 0.1) is 0 Å². The standard InChI is InChI=1S/C20H18NO4.C4H4O4/c1-22-17-3-4-18(23-2)15-10-21-6-5-12-7-19-20(25-11-24-19)9-13(12)16(21)8-14(15)17;5-3(6)1-2-4(7)8/h3-4,7-10H,5-6,11H2,1-2H3;1-2H,(H,5,6)(H,7,8)/q+1;/b;2-1+. The minimum atomic E-state index is -1.26. The van der Waals surface area contributed by atoms with Crippen molar-refractivity contribution in [3.05, 3.63) is 54.2 Å². The van der Waals surface area contributed by atoms with Crippen LogP contribution in [-0.2, 0) is 22.6 Å². The largest absolute Gasteiger partial charge is 0.496 e. The number of hydrogen-bond donors (Lipinski definition) is 2. The number of methoxy groups -OCH3 is 2. The summed E-state index contributed by atoms with van der Waals surface area (Å²) in [4.78, 5) is 19.1. The molecule has 2 aromatic carbocycles. The van der Waals surface area contributed by atoms with Gasteiger partial charge in [-0.1, -0.05) is 0 Å². The summed E-state index contributed by atoms with van der Waals surface area (Å²) in [7, 11) is 3.39. The molecular formula is C24H22NO8+. The van der Waals surface area contributed by atoms with Crippen LogP contribution in [0.2, 0.25) is 0 Å². The molecule has 2 aliphatic rings. The van der Waals surface area contributed by atoms with Crippen LogP contribution < -0.4 is 23.5 Å². The van der Waals surface area contributed by atoms with Gasteiger partial charge in [-0.25, -0.2) is 9.59 Å². The molecule has 5 rings (SSSR count). The zero-order valence-corrected chi connectivity index (χ0v) is 18.0. The lowest BCUT2D eigenvalue weighted by atomic mass is 9.95. The number of rotatable bonds is 4. The summed E-state index contributed by atoms with van der Waals surface area (Å²) >= 11 is 0. The molecule has 0 bridgehead atoms. The van der Waals surface area contributed by atoms with E-state index >= 15 is 0 Å². The van der Waals surface area contributed by atoms with Crippen LogP contribution >= 0.6 is 0 Å². The van der Waals surface area contributed by atoms with Gasteiger partial charge < -0.3 is 29.2 Å². The van der Waals surface area contributed by atoms with E-state index in [-0.39, 0.29) is 0 Å². The van der Waals surface area contributed by atoms with Crippen molar-refractivity contribution in [3.63, 3.8) is 0 Å². The average Bonchev–Trinajstić information content (AvgIpc) is 3.27. The Kier molecular flexibility index (Phi) is 6.03. The summed E-state index contributed by atoms with van der Waals surface area (Å²) in [5, 5.41) is 17.7. The van der Waals surface area contributed by atoms with Gasteiger partial charge in [-0.05, 0) is 29.8 Å². The third-order valence-corrected chi connectivity index (χ3v) is 5.39. The molecule has 2 aliphatic heterocycles. The normalized spacial score (nSPS) is 13.0. The van der Waals surface area contributed by atoms with Crippen LogP contribution in [0.1, 0.15) is 5.56 Å². The molecule has 0 saturated carbocycles. The van der Waals surface area contributed by atoms with Crippen molar-refractivity contribution in [2.75, 3.05) is 21.0 Å². The van der Waals surface area contributed by atoms with E-state index < -0.39 is 11.9 Å². The summed E-state index contributed by atoms with van der Waals surface area (Å²) in [5.74, 6) is 0.826. The highest BCUT2D eigenvalue weighted by Crippen LogP contribution is 2.41. The van der Waals surface area contributed by atoms with Gasteiger partial charge in [0.05, 0.1) is 25.2 Å². The third-order valence-electron chi connectivity index (χ3n) is 5.39. The van der Waals surface area contributed by atoms with Crippen molar-refractivity contribution in [1.29, 1.82) is 0 Å². The number of benzene rings is 2. The maximum absolute atomic E-state index is 9.55. The van der Waals surface area contributed by atoms with Crippen LogP contribution in [0.25, 0.3) is 22.0 Å². The topological polar surface area (TPSA) is 115 Å². The number of ether oxygens (including phenoxy) is 4. The lowest BCUT2D eigenvalue weighted by Crippen LogP contribution is -2.40. The van der Waals surface area contributed by atoms with Gasteiger partial charge in [0, 0.05) is 30.0 Å². The number of carbonyl (C=O) groups is 2. The Morgan fingerprint density at radius 2 is 1.55 bits per heavy atom. The number of aryl methyl sites for hydroxylation is 2. The highest BCUT2D eigenvalue weighted by molar-refractivity contribution is 5.94. The molecule has 0 unspecified atom stereocenters. The summed E-state index contributed by atoms with van der Waals surface area (Å²) in [6, 6.07) is 10.3. The van der Waals surface area contributed by atoms with E-state index in [2.05, 4.69) is 29.0 Å². The summed E-state index contributed by atoms with van der Waals surface area (Å²) in [6.07, 6.45) is 4.23. The van der Waals surface area contributed by atoms with Crippen LogP contribution in [0.5, 0.6) is 23.0 Å². The second kappa shape index (κ2) is 9.07. The van der Waals surface area contributed by atoms with Gasteiger partial charge in [0.2, 0.25) is 12.5 Å². The van der Waals surface area contributed by atoms with E-state index in [9.17, 15) is 9.59 Å². The number of carboxylic acid groups (broad SMARTS) is 2. The van der Waals surface area contributed by atoms with Crippen LogP contribution in [0.15, 0.2) is 48.7 Å². The third kappa shape index (κ3) is 4.38. The molecule has 0 fully saturated rings. The Bertz CT molecular complexity index is 1270. The Balaban J connectivity index is 0.000000281. The summed E-state index contributed by atoms with van der Waals surface area (Å²) in [5.41, 5.74) is 3.62. The Hall–Kier alpha value is -4.27. The predicted molar refractivity (Wildman–Crippen MR) is 117 cm³/mol. The molecule has 0 radical (unpaired) electrons. The highest BCUT2D eigenvalue weighted by Gasteiger charge is 2.28. The van der Waals surface area contributed by atoms with Gasteiger partial charge in [-0.3, -0.25) is 0 Å². The Morgan fingerprint density at radius 1 is 0.939 bits per heavy atom. The molecule has 9 nitrogen and oxygen atoms in total. The molecule has 3 aromatic rings. The number of aliphatic carboxylic acids is 2. The van der Waals surface area contributed by atoms with E-state index in [0.717, 1.165) is 52.4 Å². The first-order chi connectivity index (χ1) is 15.9. The fraction of sp³-hybridized carbons (Fsp3) is 0.208. The molecule has 33 heavy (non-hydrogen) atoms. The van der Waals surface area contributed by atoms with Gasteiger partial charge >= 0.3 is 11.9 Å². The van der Waals surface area contributed by atoms with E-state index in [4.69, 9.17) is 29.2 Å². The minimum absolute atomic E-state index is 0.293. The van der Waals surface area contributed by atoms with E-state index in [1.54, 1.807) is 14.2 Å². The van der Waals surface area contributed by atoms with Crippen molar-refractivity contribution in [3.8, 4) is 34.3 Å². The Labute approximate surface area is 189 Å². The average molecular weight is 452 g/mol. The molecule has 170 valence electrons. The zero-order valence-electron chi connectivity index (χ0n) is 18.0. The van der Waals surface area contributed by atoms with Crippen molar-refractivity contribution in [1.82, 2.24) is 0 Å². The van der Waals surface area contributed by atoms with Gasteiger partial charge in [-0.2, -0.15) is 4.57 Å². The molecule has 3 heterocycles. The fourth-order valence-electron chi connectivity index (χ4n) is 3.91. The monoisotopic (exact) mass is 452 g/mol. The minimum Gasteiger partial charge on any atom is -0.496 e. The second-order valence-corrected chi connectivity index (χ2v) is 7.27. The fourth-order valence-corrected chi connectivity index (χ4v) is 3.91. The number of fused-ring (bicyclic) bond motifs is 5. The number of nitrogens with zero attached hydrogens (tertiary/aromatic N) is 1. The van der Waals surface area contributed by atoms with E-state index in [0.29, 0.717) is 18.9 Å². The Morgan fingerprint density at radius 3 is 2.15 bits per heavy atom. The quantitative estimate of drug-likeness (QED) is 0.459. The number of hydrogen-bond acceptors (Lipinski definition) is 6. The SMILES string of the molecule is COc1ccc(OC)c2c[n+]3c(cc12)-c1cc2c(cc1CC3)OCO2.O=C(O)/C=C/C(=O)O. The van der Waals surface area contributed by atoms with Crippen LogP contribution in [-0.4, -0.2) is 43.2 Å². The summed E-state index contributed by atoms with van der Waals surface area (Å²) < 4.78 is 24.5. The first-order valence-electron chi connectivity index (χ1n) is 10.1. The molecular weight excluding hydrogens is 430 g/mol. The molecule has 0 atom stereocenters. The van der Waals surface area contributed by atoms with Gasteiger partial charge in [-0.15, -0.1) is 0 Å². The van der Waals surface area contributed by atoms with Crippen molar-refractivity contribution in [2.45, 2.75) is 13.0 Å². The predicted octanol–water partition coefficient (Wildman–Crippen LogP) is 2.81. The van der Waals surface area contributed by atoms with Gasteiger partial charge in [0.15, 0.2) is 24.2 Å². The maximum atomic E-state index is 9.55. The number of aromatic nitrogens is 1. The number of pyridine rings is 1. The molecule has 9 heteroatoms. The lowest BCUT2D eigenvalue weighted by Gasteiger charge is -2.17. The molecule has 0 amide bonds. The summed E-state index contributed by atoms with van der Waals surface area (Å²) in [6.45, 7) is 1.21. The molecule has 0 aliphatic carbocycles. The lowest BCUT2D eigenvalue weighted by molar-refractivity contribution is -0.686. The smallest absolute Gasteiger partial charge is 0.328 e. The second-order valence-electron chi connectivity index (χ2n) is 7.27. The van der Waals surface area contributed by atoms with Gasteiger partial charge in [0.1, 0.15) is 11.5 Å². The van der Waals surface area contributed by atoms with Gasteiger partial charge in [0.25, 0.3) is 0 Å². The van der Waals surface area contributed by atoms with Crippen LogP contribution in [0.4, 0.5) is 0 Å². The first-order valence-corrected chi connectivity index (χ1v) is 10.1. The molecule has 2 N–H and O–H groups in total. The van der Waals surface area contributed by atoms with Crippen molar-refractivity contribution in [2.24, 2.45) is 0 Å². The van der Waals surface area contributed by atoms with E-state index in [1.165, 1.54) is 11.1 Å². The highest BCUT2D eigenvalue weighted by atomic mass is 16.7. The zero-order chi connectivity index (χ0) is 23.5. The maximum Gasteiger partial charge on any atom is 0.328 e. The van der Waals surface area contributed by atoms with Crippen molar-refractivity contribution >= 4 is 22.7 Å². The molecule has 1 aromatic heterocycles. The molecule has 0 saturated heterocycles. The first kappa shape index (κ1) is 21.9. The van der Waals surface area contributed by atoms with E-state index in [1.807, 2.05) is 12.1 Å². The number of carboxylic acids is 2. The van der Waals surface area contributed by atoms with Crippen LogP contribution in [0.3, 0.4) is 0 Å².